The maximum absolute atomic E-state index is 14.1. The van der Waals surface area contributed by atoms with Crippen molar-refractivity contribution in [1.82, 2.24) is 31.9 Å². The Morgan fingerprint density at radius 1 is 0.597 bits per heavy atom. The van der Waals surface area contributed by atoms with Gasteiger partial charge in [-0.2, -0.15) is 0 Å². The first-order chi connectivity index (χ1) is 29.2. The second-order valence-corrected chi connectivity index (χ2v) is 15.7. The van der Waals surface area contributed by atoms with Gasteiger partial charge in [-0.15, -0.1) is 0 Å². The average Bonchev–Trinajstić information content (AvgIpc) is 3.20. The summed E-state index contributed by atoms with van der Waals surface area (Å²) in [5.41, 5.74) is 34.4. The molecule has 0 aliphatic carbocycles. The molecule has 0 aromatic heterocycles. The van der Waals surface area contributed by atoms with Crippen LogP contribution in [-0.2, 0) is 40.0 Å². The normalized spacial score (nSPS) is 13.9. The Labute approximate surface area is 363 Å². The number of carbonyl (C=O) groups excluding carboxylic acids is 6. The van der Waals surface area contributed by atoms with E-state index in [-0.39, 0.29) is 81.8 Å². The number of hydrogen-bond acceptors (Lipinski definition) is 11. The van der Waals surface area contributed by atoms with Gasteiger partial charge in [-0.1, -0.05) is 58.0 Å². The van der Waals surface area contributed by atoms with Crippen molar-refractivity contribution in [2.75, 3.05) is 26.2 Å². The van der Waals surface area contributed by atoms with Crippen molar-refractivity contribution in [3.8, 4) is 0 Å². The Balaban J connectivity index is 3.50. The Kier molecular flexibility index (Phi) is 25.5. The standard InChI is InChI=1S/C40H70N14O8/c1-23(2)20-29(37(61)54-30(33(57)49-22-31(55)56)21-25-12-6-5-7-13-25)53-36(60)28(16-11-19-48-40(45)46)51-35(59)27(15-10-18-47-39(43)44)50-34(58)26(14-8-9-17-41)52-38(62)32(42)24(3)4/h5-7,12-13,23-24,26-30,32H,8-11,14-22,41-42H2,1-4H3,(H,49,57)(H,50,58)(H,51,59)(H,52,62)(H,53,60)(H,54,61)(H,55,56)(H4,43,44,47)(H4,45,46,48)/t26-,27-,28-,29-,30-,32-/m0/s1. The number of carboxylic acid groups (broad SMARTS) is 1. The predicted octanol–water partition coefficient (Wildman–Crippen LogP) is -2.88. The third-order valence-corrected chi connectivity index (χ3v) is 9.43. The lowest BCUT2D eigenvalue weighted by Crippen LogP contribution is -2.60. The maximum atomic E-state index is 14.1. The topological polar surface area (TPSA) is 393 Å². The van der Waals surface area contributed by atoms with Gasteiger partial charge in [-0.05, 0) is 75.3 Å². The first-order valence-electron chi connectivity index (χ1n) is 20.9. The number of guanidine groups is 2. The van der Waals surface area contributed by atoms with Gasteiger partial charge in [-0.25, -0.2) is 0 Å². The van der Waals surface area contributed by atoms with Gasteiger partial charge in [0, 0.05) is 19.5 Å². The molecule has 0 unspecified atom stereocenters. The zero-order valence-corrected chi connectivity index (χ0v) is 36.4. The van der Waals surface area contributed by atoms with Gasteiger partial charge < -0.3 is 71.4 Å². The number of hydrogen-bond donors (Lipinski definition) is 13. The SMILES string of the molecule is CC(C)C[C@H](NC(=O)[C@H](CCCN=C(N)N)NC(=O)[C@H](CCCN=C(N)N)NC(=O)[C@H](CCCCN)NC(=O)[C@@H](N)C(C)C)C(=O)N[C@@H](Cc1ccccc1)C(=O)NCC(=O)O. The van der Waals surface area contributed by atoms with Crippen LogP contribution in [0.2, 0.25) is 0 Å². The van der Waals surface area contributed by atoms with Crippen LogP contribution in [-0.4, -0.2) is 121 Å². The highest BCUT2D eigenvalue weighted by atomic mass is 16.4. The number of unbranched alkanes of at least 4 members (excludes halogenated alkanes) is 1. The molecule has 6 atom stereocenters. The Morgan fingerprint density at radius 3 is 1.47 bits per heavy atom. The van der Waals surface area contributed by atoms with E-state index in [0.29, 0.717) is 24.9 Å². The monoisotopic (exact) mass is 875 g/mol. The molecule has 6 amide bonds. The lowest BCUT2D eigenvalue weighted by Gasteiger charge is -2.28. The van der Waals surface area contributed by atoms with Crippen LogP contribution >= 0.6 is 0 Å². The zero-order valence-electron chi connectivity index (χ0n) is 36.4. The van der Waals surface area contributed by atoms with Crippen molar-refractivity contribution in [2.45, 2.75) is 122 Å². The van der Waals surface area contributed by atoms with Crippen LogP contribution in [0.1, 0.15) is 84.6 Å². The molecule has 22 nitrogen and oxygen atoms in total. The minimum atomic E-state index is -1.29. The Bertz CT molecular complexity index is 1650. The molecule has 19 N–H and O–H groups in total. The quantitative estimate of drug-likeness (QED) is 0.0210. The zero-order chi connectivity index (χ0) is 46.8. The summed E-state index contributed by atoms with van der Waals surface area (Å²) in [6.07, 6.45) is 1.80. The Morgan fingerprint density at radius 2 is 1.03 bits per heavy atom. The molecule has 1 aromatic carbocycles. The fraction of sp³-hybridized carbons (Fsp3) is 0.625. The fourth-order valence-corrected chi connectivity index (χ4v) is 6.01. The summed E-state index contributed by atoms with van der Waals surface area (Å²) in [5.74, 6) is -6.25. The van der Waals surface area contributed by atoms with Crippen LogP contribution in [0.15, 0.2) is 40.3 Å². The Hall–Kier alpha value is -6.03. The number of rotatable bonds is 30. The number of nitrogens with zero attached hydrogens (tertiary/aromatic N) is 2. The molecule has 0 saturated carbocycles. The van der Waals surface area contributed by atoms with E-state index in [0.717, 1.165) is 0 Å². The molecule has 1 rings (SSSR count). The molecule has 0 aliphatic rings. The summed E-state index contributed by atoms with van der Waals surface area (Å²) in [7, 11) is 0. The minimum Gasteiger partial charge on any atom is -0.480 e. The van der Waals surface area contributed by atoms with Crippen molar-refractivity contribution < 1.29 is 38.7 Å². The van der Waals surface area contributed by atoms with E-state index in [1.807, 2.05) is 13.8 Å². The number of aliphatic carboxylic acids is 1. The molecule has 1 aromatic rings. The number of carboxylic acids is 1. The van der Waals surface area contributed by atoms with Gasteiger partial charge in [-0.3, -0.25) is 43.5 Å². The second kappa shape index (κ2) is 29.3. The summed E-state index contributed by atoms with van der Waals surface area (Å²) >= 11 is 0. The number of benzene rings is 1. The summed E-state index contributed by atoms with van der Waals surface area (Å²) in [4.78, 5) is 101. The third-order valence-electron chi connectivity index (χ3n) is 9.43. The predicted molar refractivity (Wildman–Crippen MR) is 235 cm³/mol. The van der Waals surface area contributed by atoms with Gasteiger partial charge in [0.2, 0.25) is 35.4 Å². The molecular formula is C40H70N14O8. The van der Waals surface area contributed by atoms with E-state index in [2.05, 4.69) is 41.9 Å². The van der Waals surface area contributed by atoms with Gasteiger partial charge in [0.15, 0.2) is 11.9 Å². The fourth-order valence-electron chi connectivity index (χ4n) is 6.01. The van der Waals surface area contributed by atoms with E-state index in [1.165, 1.54) is 0 Å². The first kappa shape index (κ1) is 54.0. The highest BCUT2D eigenvalue weighted by Crippen LogP contribution is 2.11. The van der Waals surface area contributed by atoms with Gasteiger partial charge >= 0.3 is 5.97 Å². The highest BCUT2D eigenvalue weighted by molar-refractivity contribution is 5.97. The van der Waals surface area contributed by atoms with Gasteiger partial charge in [0.05, 0.1) is 6.04 Å². The molecule has 348 valence electrons. The molecule has 0 spiro atoms. The molecule has 0 fully saturated rings. The number of nitrogens with two attached hydrogens (primary N) is 6. The molecule has 0 aliphatic heterocycles. The van der Waals surface area contributed by atoms with E-state index < -0.39 is 84.2 Å². The van der Waals surface area contributed by atoms with Crippen molar-refractivity contribution in [3.63, 3.8) is 0 Å². The van der Waals surface area contributed by atoms with Gasteiger partial charge in [0.1, 0.15) is 36.8 Å². The number of aliphatic imine (C=N–C) groups is 2. The van der Waals surface area contributed by atoms with E-state index in [9.17, 15) is 33.6 Å². The third kappa shape index (κ3) is 22.5. The smallest absolute Gasteiger partial charge is 0.322 e. The van der Waals surface area contributed by atoms with Crippen LogP contribution in [0, 0.1) is 11.8 Å². The van der Waals surface area contributed by atoms with E-state index in [4.69, 9.17) is 39.5 Å². The summed E-state index contributed by atoms with van der Waals surface area (Å²) in [5, 5.41) is 24.9. The number of nitrogens with one attached hydrogen (secondary N) is 6. The van der Waals surface area contributed by atoms with E-state index >= 15 is 0 Å². The summed E-state index contributed by atoms with van der Waals surface area (Å²) in [6.45, 7) is 7.03. The lowest BCUT2D eigenvalue weighted by molar-refractivity contribution is -0.138. The molecule has 0 radical (unpaired) electrons. The number of amides is 6. The summed E-state index contributed by atoms with van der Waals surface area (Å²) < 4.78 is 0. The number of carbonyl (C=O) groups is 7. The largest absolute Gasteiger partial charge is 0.480 e. The maximum Gasteiger partial charge on any atom is 0.322 e. The lowest BCUT2D eigenvalue weighted by atomic mass is 10.00. The van der Waals surface area contributed by atoms with Crippen LogP contribution < -0.4 is 66.3 Å². The molecule has 22 heteroatoms. The molecule has 0 saturated heterocycles. The van der Waals surface area contributed by atoms with Gasteiger partial charge in [0.25, 0.3) is 0 Å². The second-order valence-electron chi connectivity index (χ2n) is 15.7. The molecule has 62 heavy (non-hydrogen) atoms. The highest BCUT2D eigenvalue weighted by Gasteiger charge is 2.33. The minimum absolute atomic E-state index is 0.0107. The summed E-state index contributed by atoms with van der Waals surface area (Å²) in [6, 6.07) is 1.81. The van der Waals surface area contributed by atoms with Crippen LogP contribution in [0.3, 0.4) is 0 Å². The van der Waals surface area contributed by atoms with Crippen LogP contribution in [0.25, 0.3) is 0 Å². The van der Waals surface area contributed by atoms with Crippen molar-refractivity contribution >= 4 is 53.3 Å². The average molecular weight is 875 g/mol. The van der Waals surface area contributed by atoms with E-state index in [1.54, 1.807) is 44.2 Å². The van der Waals surface area contributed by atoms with Crippen LogP contribution in [0.4, 0.5) is 0 Å². The first-order valence-corrected chi connectivity index (χ1v) is 20.9. The molecular weight excluding hydrogens is 805 g/mol. The van der Waals surface area contributed by atoms with Crippen molar-refractivity contribution in [2.24, 2.45) is 56.2 Å². The molecule has 0 heterocycles. The van der Waals surface area contributed by atoms with Crippen molar-refractivity contribution in [1.29, 1.82) is 0 Å². The molecule has 0 bridgehead atoms. The van der Waals surface area contributed by atoms with Crippen LogP contribution in [0.5, 0.6) is 0 Å². The van der Waals surface area contributed by atoms with Crippen molar-refractivity contribution in [3.05, 3.63) is 35.9 Å².